The van der Waals surface area contributed by atoms with E-state index in [4.69, 9.17) is 5.73 Å². The Labute approximate surface area is 450 Å². The Morgan fingerprint density at radius 3 is 2.34 bits per heavy atom. The Morgan fingerprint density at radius 2 is 1.62 bits per heavy atom. The zero-order chi connectivity index (χ0) is 54.3. The van der Waals surface area contributed by atoms with Crippen LogP contribution in [0, 0.1) is 23.2 Å². The van der Waals surface area contributed by atoms with Crippen molar-refractivity contribution in [1.82, 2.24) is 10.6 Å². The molecule has 2 aliphatic carbocycles. The molecule has 76 heavy (non-hydrogen) atoms. The van der Waals surface area contributed by atoms with E-state index in [9.17, 15) is 35.4 Å². The smallest absolute Gasteiger partial charge is 0.243 e. The Balaban J connectivity index is 1.21. The number of aromatic hydroxyl groups is 1. The van der Waals surface area contributed by atoms with Crippen LogP contribution in [0.3, 0.4) is 0 Å². The average molecular weight is 1030 g/mol. The molecule has 11 heteroatoms. The van der Waals surface area contributed by atoms with Gasteiger partial charge in [0.15, 0.2) is 5.78 Å². The number of phenols is 1. The van der Waals surface area contributed by atoms with E-state index in [-0.39, 0.29) is 42.9 Å². The minimum atomic E-state index is -1.37. The maximum Gasteiger partial charge on any atom is 0.243 e. The van der Waals surface area contributed by atoms with Crippen LogP contribution in [-0.2, 0) is 41.7 Å². The zero-order valence-corrected chi connectivity index (χ0v) is 45.0. The highest BCUT2D eigenvalue weighted by Gasteiger charge is 2.64. The summed E-state index contributed by atoms with van der Waals surface area (Å²) < 4.78 is 0. The van der Waals surface area contributed by atoms with Gasteiger partial charge in [-0.3, -0.25) is 14.9 Å². The number of nitrogens with one attached hydrogen (secondary N) is 2. The molecule has 4 aliphatic rings. The fourth-order valence-corrected chi connectivity index (χ4v) is 13.3. The summed E-state index contributed by atoms with van der Waals surface area (Å²) in [6.45, 7) is 11.8. The fourth-order valence-electron chi connectivity index (χ4n) is 13.3. The number of hydrogen-bond acceptors (Lipinski definition) is 10. The van der Waals surface area contributed by atoms with Gasteiger partial charge in [-0.25, -0.2) is 0 Å². The third-order valence-corrected chi connectivity index (χ3v) is 17.3. The van der Waals surface area contributed by atoms with Crippen molar-refractivity contribution in [2.45, 2.75) is 147 Å². The molecule has 11 nitrogen and oxygen atoms in total. The van der Waals surface area contributed by atoms with E-state index < -0.39 is 53.4 Å². The van der Waals surface area contributed by atoms with Crippen LogP contribution >= 0.6 is 0 Å². The number of β-amino-alcohol motifs (C(OH)–C–C–N with tert-alkyl or cyclic N) is 1. The molecule has 0 radical (unpaired) electrons. The Kier molecular flexibility index (Phi) is 18.3. The topological polar surface area (TPSA) is 206 Å². The molecule has 2 fully saturated rings. The first-order valence-corrected chi connectivity index (χ1v) is 27.5. The van der Waals surface area contributed by atoms with Crippen LogP contribution in [0.1, 0.15) is 136 Å². The largest absolute Gasteiger partial charge is 0.508 e. The minimum absolute atomic E-state index is 0.0402. The Hall–Kier alpha value is -5.76. The highest BCUT2D eigenvalue weighted by molar-refractivity contribution is 5.98. The van der Waals surface area contributed by atoms with Gasteiger partial charge in [0.25, 0.3) is 0 Å². The highest BCUT2D eigenvalue weighted by Crippen LogP contribution is 2.63. The average Bonchev–Trinajstić information content (AvgIpc) is 3.76. The van der Waals surface area contributed by atoms with Crippen LogP contribution in [0.25, 0.3) is 0 Å². The summed E-state index contributed by atoms with van der Waals surface area (Å²) in [6, 6.07) is 28.2. The molecular weight excluding hydrogens is 951 g/mol. The number of hydrogen-bond donors (Lipinski definition) is 9. The van der Waals surface area contributed by atoms with Crippen molar-refractivity contribution in [3.8, 4) is 5.75 Å². The summed E-state index contributed by atoms with van der Waals surface area (Å²) in [6.07, 6.45) is 10.1. The number of aliphatic hydroxyl groups excluding tert-OH is 4. The summed E-state index contributed by atoms with van der Waals surface area (Å²) >= 11 is 0. The number of phenolic OH excluding ortho intramolecular Hbond substituents is 1. The monoisotopic (exact) mass is 1030 g/mol. The van der Waals surface area contributed by atoms with Crippen molar-refractivity contribution in [1.29, 1.82) is 0 Å². The molecular formula is C65H81N3O8. The van der Waals surface area contributed by atoms with Crippen LogP contribution in [0.5, 0.6) is 5.75 Å². The van der Waals surface area contributed by atoms with Gasteiger partial charge >= 0.3 is 0 Å². The molecule has 404 valence electrons. The molecule has 2 aliphatic heterocycles. The predicted octanol–water partition coefficient (Wildman–Crippen LogP) is 8.98. The number of rotatable bonds is 11. The molecule has 10 N–H and O–H groups in total. The zero-order valence-electron chi connectivity index (χ0n) is 45.0. The van der Waals surface area contributed by atoms with E-state index >= 15 is 4.79 Å². The summed E-state index contributed by atoms with van der Waals surface area (Å²) in [5.74, 6) is -1.72. The third kappa shape index (κ3) is 12.8. The number of allylic oxidation sites excluding steroid dienone is 8. The highest BCUT2D eigenvalue weighted by atomic mass is 16.3. The van der Waals surface area contributed by atoms with Gasteiger partial charge in [0.1, 0.15) is 18.0 Å². The van der Waals surface area contributed by atoms with Crippen molar-refractivity contribution < 1.29 is 40.2 Å². The van der Waals surface area contributed by atoms with Crippen molar-refractivity contribution >= 4 is 11.7 Å². The summed E-state index contributed by atoms with van der Waals surface area (Å²) in [5, 5.41) is 77.6. The van der Waals surface area contributed by atoms with Crippen LogP contribution in [-0.4, -0.2) is 79.4 Å². The lowest BCUT2D eigenvalue weighted by Crippen LogP contribution is -2.59. The summed E-state index contributed by atoms with van der Waals surface area (Å²) in [5.41, 5.74) is 15.3. The van der Waals surface area contributed by atoms with Crippen molar-refractivity contribution in [2.75, 3.05) is 13.2 Å². The molecule has 1 amide bonds. The van der Waals surface area contributed by atoms with E-state index in [1.807, 2.05) is 80.6 Å². The van der Waals surface area contributed by atoms with E-state index in [1.165, 1.54) is 5.57 Å². The number of amides is 1. The molecule has 0 aromatic heterocycles. The molecule has 0 saturated heterocycles. The SMILES string of the molecule is C=C(C=CC=C(CO)C1CCC2(C3CCC(O)Cc4cc(Cc5ccccc5)cc(c4)CC(Cc4ccc(O)cc4)C(O)CNC4C(=O)NC(N)c5cccc(c54)CC(=O)C(C)=C3CCC2(C)O)C1O)CCC=C(C)C. The Bertz CT molecular complexity index is 2840. The molecule has 10 atom stereocenters. The lowest BCUT2D eigenvalue weighted by atomic mass is 9.52. The van der Waals surface area contributed by atoms with Gasteiger partial charge in [-0.05, 0) is 184 Å². The molecule has 2 heterocycles. The third-order valence-electron chi connectivity index (χ3n) is 17.3. The molecule has 10 unspecified atom stereocenters. The van der Waals surface area contributed by atoms with Crippen molar-refractivity contribution in [2.24, 2.45) is 28.9 Å². The summed E-state index contributed by atoms with van der Waals surface area (Å²) in [4.78, 5) is 29.1. The first-order chi connectivity index (χ1) is 36.4. The second-order valence-electron chi connectivity index (χ2n) is 22.8. The van der Waals surface area contributed by atoms with Crippen LogP contribution in [0.2, 0.25) is 0 Å². The van der Waals surface area contributed by atoms with Gasteiger partial charge in [0.2, 0.25) is 5.91 Å². The second kappa shape index (κ2) is 24.7. The summed E-state index contributed by atoms with van der Waals surface area (Å²) in [7, 11) is 0. The Morgan fingerprint density at radius 1 is 0.882 bits per heavy atom. The predicted molar refractivity (Wildman–Crippen MR) is 300 cm³/mol. The van der Waals surface area contributed by atoms with E-state index in [2.05, 4.69) is 67.5 Å². The normalized spacial score (nSPS) is 28.7. The molecule has 2 bridgehead atoms. The first kappa shape index (κ1) is 56.4. The standard InChI is InChI=1S/C65H81N3O8/c1-40(2)12-9-13-41(3)14-10-18-49(39-69)54-27-29-65(61(54)74)56-25-24-52(71)36-47-32-45(30-43-15-7-6-8-16-43)31-46(33-47)35-50(34-44-20-22-51(70)23-21-44)58(73)38-67-60-59-48(17-11-19-55(59)62(66)68-63(60)75)37-57(72)42(4)53(56)26-28-64(65,5)76/h6-8,10-12,14-23,31-33,50,52,54,56,58,60-62,67,69-71,73-74,76H,3,9,13,24-30,34-39,66H2,1-2,4-5H3,(H,68,75). The van der Waals surface area contributed by atoms with Gasteiger partial charge < -0.3 is 41.7 Å². The van der Waals surface area contributed by atoms with Crippen LogP contribution in [0.4, 0.5) is 0 Å². The maximum absolute atomic E-state index is 15.0. The lowest BCUT2D eigenvalue weighted by molar-refractivity contribution is -0.168. The van der Waals surface area contributed by atoms with E-state index in [1.54, 1.807) is 12.1 Å². The maximum atomic E-state index is 15.0. The number of nitrogens with two attached hydrogens (primary N) is 1. The number of Topliss-reactive ketones (excluding diaryl/α,β-unsaturated/α-hetero) is 1. The van der Waals surface area contributed by atoms with Gasteiger partial charge in [-0.15, -0.1) is 0 Å². The quantitative estimate of drug-likeness (QED) is 0.0515. The van der Waals surface area contributed by atoms with E-state index in [0.717, 1.165) is 51.8 Å². The molecule has 2 saturated carbocycles. The number of carbonyl (C=O) groups is 2. The molecule has 4 aromatic carbocycles. The number of ketones is 1. The van der Waals surface area contributed by atoms with Gasteiger partial charge in [-0.2, -0.15) is 0 Å². The fraction of sp³-hybridized carbons (Fsp3) is 0.446. The van der Waals surface area contributed by atoms with Gasteiger partial charge in [0, 0.05) is 24.3 Å². The molecule has 1 spiro atoms. The van der Waals surface area contributed by atoms with Crippen molar-refractivity contribution in [3.63, 3.8) is 0 Å². The molecule has 4 aromatic rings. The number of carbonyl (C=O) groups excluding carboxylic acids is 2. The van der Waals surface area contributed by atoms with Gasteiger partial charge in [-0.1, -0.05) is 126 Å². The van der Waals surface area contributed by atoms with Crippen molar-refractivity contribution in [3.05, 3.63) is 194 Å². The van der Waals surface area contributed by atoms with E-state index in [0.29, 0.717) is 92.0 Å². The number of fused-ring (bicyclic) bond motifs is 4. The lowest BCUT2D eigenvalue weighted by Gasteiger charge is -2.56. The van der Waals surface area contributed by atoms with Gasteiger partial charge in [0.05, 0.1) is 30.5 Å². The number of benzene rings is 4. The minimum Gasteiger partial charge on any atom is -0.508 e. The molecule has 8 rings (SSSR count). The van der Waals surface area contributed by atoms with Crippen LogP contribution in [0.15, 0.2) is 150 Å². The first-order valence-electron chi connectivity index (χ1n) is 27.5. The number of aliphatic hydroxyl groups is 5. The second-order valence-corrected chi connectivity index (χ2v) is 22.8. The van der Waals surface area contributed by atoms with Crippen LogP contribution < -0.4 is 16.4 Å².